The lowest BCUT2D eigenvalue weighted by atomic mass is 10.2. The van der Waals surface area contributed by atoms with Crippen molar-refractivity contribution in [1.29, 1.82) is 0 Å². The summed E-state index contributed by atoms with van der Waals surface area (Å²) in [6.45, 7) is 0.810. The molecular formula is C18H15ClF6N2O6. The second-order valence-electron chi connectivity index (χ2n) is 6.03. The van der Waals surface area contributed by atoms with Crippen LogP contribution in [0.1, 0.15) is 12.6 Å². The number of carbonyl (C=O) groups is 1. The normalized spacial score (nSPS) is 11.9. The van der Waals surface area contributed by atoms with Crippen LogP contribution in [0.2, 0.25) is 5.02 Å². The van der Waals surface area contributed by atoms with Crippen LogP contribution in [0.3, 0.4) is 0 Å². The average molecular weight is 505 g/mol. The van der Waals surface area contributed by atoms with E-state index in [0.717, 1.165) is 0 Å². The number of nitrogens with zero attached hydrogens (tertiary/aromatic N) is 2. The number of methoxy groups -OCH3 is 1. The Bertz CT molecular complexity index is 1080. The highest BCUT2D eigenvalue weighted by Gasteiger charge is 2.60. The van der Waals surface area contributed by atoms with E-state index in [-0.39, 0.29) is 30.5 Å². The predicted molar refractivity (Wildman–Crippen MR) is 99.8 cm³/mol. The van der Waals surface area contributed by atoms with Crippen molar-refractivity contribution < 1.29 is 50.1 Å². The van der Waals surface area contributed by atoms with E-state index < -0.39 is 57.8 Å². The molecule has 0 fully saturated rings. The minimum Gasteiger partial charge on any atom is -0.465 e. The Morgan fingerprint density at radius 2 is 1.82 bits per heavy atom. The van der Waals surface area contributed by atoms with Crippen molar-refractivity contribution in [1.82, 2.24) is 9.55 Å². The molecule has 1 heterocycles. The summed E-state index contributed by atoms with van der Waals surface area (Å²) >= 11 is 5.81. The highest BCUT2D eigenvalue weighted by molar-refractivity contribution is 6.32. The molecular weight excluding hydrogens is 490 g/mol. The van der Waals surface area contributed by atoms with E-state index in [2.05, 4.69) is 14.5 Å². The number of carbonyl (C=O) groups excluding carboxylic acids is 1. The average Bonchev–Trinajstić information content (AvgIpc) is 2.70. The van der Waals surface area contributed by atoms with Crippen LogP contribution in [-0.2, 0) is 15.4 Å². The minimum absolute atomic E-state index is 0.0329. The maximum Gasteiger partial charge on any atom is 0.513 e. The van der Waals surface area contributed by atoms with E-state index in [1.807, 2.05) is 0 Å². The minimum atomic E-state index is -6.06. The first kappa shape index (κ1) is 26.3. The van der Waals surface area contributed by atoms with Gasteiger partial charge in [-0.15, -0.1) is 0 Å². The highest BCUT2D eigenvalue weighted by Crippen LogP contribution is 2.43. The van der Waals surface area contributed by atoms with Crippen molar-refractivity contribution in [3.05, 3.63) is 45.1 Å². The predicted octanol–water partition coefficient (Wildman–Crippen LogP) is 4.24. The lowest BCUT2D eigenvalue weighted by Crippen LogP contribution is -2.37. The standard InChI is InChI=1S/C18H15ClF6N2O6/c1-3-31-15-26-13(17(21,22)18(23,24)25)8-14(28)27(15)11-7-12(9(19)6-10(11)20)33-16(29)32-5-4-30-2/h6-8H,3-5H2,1-2H3. The van der Waals surface area contributed by atoms with Gasteiger partial charge in [-0.3, -0.25) is 4.79 Å². The number of benzene rings is 1. The van der Waals surface area contributed by atoms with Crippen molar-refractivity contribution >= 4 is 17.8 Å². The van der Waals surface area contributed by atoms with E-state index in [0.29, 0.717) is 12.1 Å². The smallest absolute Gasteiger partial charge is 0.465 e. The molecule has 0 saturated carbocycles. The van der Waals surface area contributed by atoms with Crippen LogP contribution in [0, 0.1) is 5.82 Å². The highest BCUT2D eigenvalue weighted by atomic mass is 35.5. The summed E-state index contributed by atoms with van der Waals surface area (Å²) in [6, 6.07) is 0.125. The SMILES string of the molecule is CCOc1nc(C(F)(F)C(F)(F)F)cc(=O)n1-c1cc(OC(=O)OCCOC)c(Cl)cc1F. The zero-order valence-corrected chi connectivity index (χ0v) is 17.6. The van der Waals surface area contributed by atoms with Gasteiger partial charge in [0, 0.05) is 19.2 Å². The molecule has 2 aromatic rings. The summed E-state index contributed by atoms with van der Waals surface area (Å²) in [6.07, 6.45) is -7.33. The van der Waals surface area contributed by atoms with Crippen LogP contribution in [0.4, 0.5) is 31.1 Å². The lowest BCUT2D eigenvalue weighted by molar-refractivity contribution is -0.291. The lowest BCUT2D eigenvalue weighted by Gasteiger charge is -2.21. The molecule has 0 unspecified atom stereocenters. The Morgan fingerprint density at radius 1 is 1.15 bits per heavy atom. The van der Waals surface area contributed by atoms with Crippen LogP contribution in [0.15, 0.2) is 23.0 Å². The van der Waals surface area contributed by atoms with Gasteiger partial charge >= 0.3 is 24.3 Å². The third-order valence-electron chi connectivity index (χ3n) is 3.78. The van der Waals surface area contributed by atoms with Crippen molar-refractivity contribution in [3.8, 4) is 17.4 Å². The number of alkyl halides is 5. The van der Waals surface area contributed by atoms with E-state index in [1.54, 1.807) is 0 Å². The summed E-state index contributed by atoms with van der Waals surface area (Å²) in [7, 11) is 1.34. The number of ether oxygens (including phenoxy) is 4. The molecule has 0 spiro atoms. The van der Waals surface area contributed by atoms with Gasteiger partial charge in [-0.2, -0.15) is 26.9 Å². The molecule has 0 N–H and O–H groups in total. The summed E-state index contributed by atoms with van der Waals surface area (Å²) in [4.78, 5) is 27.2. The number of rotatable bonds is 8. The third-order valence-corrected chi connectivity index (χ3v) is 4.08. The molecule has 0 bridgehead atoms. The Morgan fingerprint density at radius 3 is 2.39 bits per heavy atom. The van der Waals surface area contributed by atoms with Crippen molar-refractivity contribution in [2.45, 2.75) is 19.0 Å². The van der Waals surface area contributed by atoms with Crippen molar-refractivity contribution in [2.75, 3.05) is 26.9 Å². The first-order valence-electron chi connectivity index (χ1n) is 8.88. The van der Waals surface area contributed by atoms with E-state index in [9.17, 15) is 35.9 Å². The Kier molecular flexibility index (Phi) is 8.19. The number of aromatic nitrogens is 2. The maximum atomic E-state index is 14.6. The molecule has 0 atom stereocenters. The Labute approximate surface area is 186 Å². The van der Waals surface area contributed by atoms with Crippen LogP contribution in [0.25, 0.3) is 5.69 Å². The number of halogens is 7. The van der Waals surface area contributed by atoms with Crippen molar-refractivity contribution in [3.63, 3.8) is 0 Å². The fraction of sp³-hybridized carbons (Fsp3) is 0.389. The quantitative estimate of drug-likeness (QED) is 0.230. The molecule has 15 heteroatoms. The van der Waals surface area contributed by atoms with Gasteiger partial charge in [0.2, 0.25) is 0 Å². The van der Waals surface area contributed by atoms with E-state index in [1.165, 1.54) is 14.0 Å². The molecule has 0 aliphatic heterocycles. The molecule has 1 aromatic heterocycles. The van der Waals surface area contributed by atoms with Gasteiger partial charge in [-0.1, -0.05) is 11.6 Å². The molecule has 0 radical (unpaired) electrons. The zero-order valence-electron chi connectivity index (χ0n) is 16.8. The third kappa shape index (κ3) is 5.87. The number of hydrogen-bond donors (Lipinski definition) is 0. The molecule has 0 aliphatic carbocycles. The van der Waals surface area contributed by atoms with Gasteiger partial charge < -0.3 is 18.9 Å². The van der Waals surface area contributed by atoms with Crippen LogP contribution in [-0.4, -0.2) is 48.8 Å². The van der Waals surface area contributed by atoms with Gasteiger partial charge in [0.25, 0.3) is 5.56 Å². The summed E-state index contributed by atoms with van der Waals surface area (Å²) in [5.41, 5.74) is -4.25. The topological polar surface area (TPSA) is 88.9 Å². The van der Waals surface area contributed by atoms with E-state index in [4.69, 9.17) is 21.1 Å². The maximum absolute atomic E-state index is 14.6. The van der Waals surface area contributed by atoms with E-state index >= 15 is 0 Å². The summed E-state index contributed by atoms with van der Waals surface area (Å²) in [5.74, 6) is -7.25. The van der Waals surface area contributed by atoms with Crippen LogP contribution < -0.4 is 15.0 Å². The fourth-order valence-electron chi connectivity index (χ4n) is 2.31. The van der Waals surface area contributed by atoms with Crippen LogP contribution in [0.5, 0.6) is 11.8 Å². The zero-order chi connectivity index (χ0) is 25.0. The molecule has 0 saturated heterocycles. The molecule has 33 heavy (non-hydrogen) atoms. The molecule has 0 aliphatic rings. The molecule has 8 nitrogen and oxygen atoms in total. The monoisotopic (exact) mass is 504 g/mol. The molecule has 182 valence electrons. The molecule has 2 rings (SSSR count). The van der Waals surface area contributed by atoms with Gasteiger partial charge in [0.05, 0.1) is 23.9 Å². The first-order valence-corrected chi connectivity index (χ1v) is 9.26. The molecule has 0 amide bonds. The van der Waals surface area contributed by atoms with Gasteiger partial charge in [-0.05, 0) is 13.0 Å². The van der Waals surface area contributed by atoms with Crippen LogP contribution >= 0.6 is 11.6 Å². The second kappa shape index (κ2) is 10.3. The largest absolute Gasteiger partial charge is 0.513 e. The molecule has 1 aromatic carbocycles. The van der Waals surface area contributed by atoms with Gasteiger partial charge in [-0.25, -0.2) is 13.8 Å². The first-order chi connectivity index (χ1) is 15.3. The summed E-state index contributed by atoms with van der Waals surface area (Å²) < 4.78 is 99.4. The summed E-state index contributed by atoms with van der Waals surface area (Å²) in [5, 5.41) is -0.445. The fourth-order valence-corrected chi connectivity index (χ4v) is 2.50. The Balaban J connectivity index is 2.59. The van der Waals surface area contributed by atoms with Crippen molar-refractivity contribution in [2.24, 2.45) is 0 Å². The second-order valence-corrected chi connectivity index (χ2v) is 6.44. The van der Waals surface area contributed by atoms with Gasteiger partial charge in [0.1, 0.15) is 18.1 Å². The Hall–Kier alpha value is -3.00. The number of hydrogen-bond acceptors (Lipinski definition) is 7. The van der Waals surface area contributed by atoms with Gasteiger partial charge in [0.15, 0.2) is 5.75 Å².